The number of carboxylic acid groups (broad SMARTS) is 16. The van der Waals surface area contributed by atoms with Crippen LogP contribution in [-0.4, -0.2) is 249 Å². The third-order valence-electron chi connectivity index (χ3n) is 8.54. The monoisotopic (exact) mass is 1410 g/mol. The lowest BCUT2D eigenvalue weighted by Gasteiger charge is -2.26. The average Bonchev–Trinajstić information content (AvgIpc) is 0.835. The highest BCUT2D eigenvalue weighted by molar-refractivity contribution is 5.97. The molecule has 0 rings (SSSR count). The molecule has 0 aromatic heterocycles. The number of ether oxygens (including phenoxy) is 6. The second kappa shape index (κ2) is 49.7. The summed E-state index contributed by atoms with van der Waals surface area (Å²) in [6.07, 6.45) is -9.77. The lowest BCUT2D eigenvalue weighted by Crippen LogP contribution is -2.47. The Morgan fingerprint density at radius 3 is 0.704 bits per heavy atom. The van der Waals surface area contributed by atoms with E-state index >= 15 is 0 Å². The van der Waals surface area contributed by atoms with Gasteiger partial charge >= 0.3 is 131 Å². The van der Waals surface area contributed by atoms with Crippen molar-refractivity contribution in [3.05, 3.63) is 111 Å². The van der Waals surface area contributed by atoms with Gasteiger partial charge in [-0.05, 0) is 20.8 Å². The van der Waals surface area contributed by atoms with E-state index in [-0.39, 0.29) is 22.3 Å². The number of rotatable bonds is 35. The van der Waals surface area contributed by atoms with Gasteiger partial charge in [-0.15, -0.1) is 0 Å². The van der Waals surface area contributed by atoms with Crippen molar-refractivity contribution in [2.45, 2.75) is 88.5 Å². The van der Waals surface area contributed by atoms with E-state index in [4.69, 9.17) is 81.7 Å². The Kier molecular flexibility index (Phi) is 49.5. The van der Waals surface area contributed by atoms with E-state index < -0.39 is 199 Å². The quantitative estimate of drug-likeness (QED) is 0.0193. The van der Waals surface area contributed by atoms with Crippen molar-refractivity contribution in [1.29, 1.82) is 0 Å². The first-order valence-electron chi connectivity index (χ1n) is 24.3. The van der Waals surface area contributed by atoms with Gasteiger partial charge in [-0.1, -0.05) is 46.1 Å². The van der Waals surface area contributed by atoms with E-state index in [9.17, 15) is 105 Å². The van der Waals surface area contributed by atoms with E-state index in [1.54, 1.807) is 0 Å². The summed E-state index contributed by atoms with van der Waals surface area (Å²) < 4.78 is 26.3. The van der Waals surface area contributed by atoms with Gasteiger partial charge in [0, 0.05) is 64.8 Å². The Labute approximate surface area is 545 Å². The zero-order valence-corrected chi connectivity index (χ0v) is 50.4. The molecule has 0 amide bonds. The zero-order valence-electron chi connectivity index (χ0n) is 50.4. The molecule has 98 heavy (non-hydrogen) atoms. The summed E-state index contributed by atoms with van der Waals surface area (Å²) in [7, 11) is 0. The number of hydrogen-bond donors (Lipinski definition) is 16. The van der Waals surface area contributed by atoms with Crippen molar-refractivity contribution < 1.29 is 216 Å². The van der Waals surface area contributed by atoms with E-state index in [0.29, 0.717) is 42.5 Å². The van der Waals surface area contributed by atoms with Gasteiger partial charge in [-0.3, -0.25) is 24.0 Å². The van der Waals surface area contributed by atoms with E-state index in [1.807, 2.05) is 0 Å². The minimum Gasteiger partial charge on any atom is -0.481 e. The van der Waals surface area contributed by atoms with Crippen LogP contribution in [0.1, 0.15) is 52.9 Å². The van der Waals surface area contributed by atoms with Crippen molar-refractivity contribution in [2.75, 3.05) is 0 Å². The maximum atomic E-state index is 11.3. The summed E-state index contributed by atoms with van der Waals surface area (Å²) in [4.78, 5) is 232. The number of carbonyl (C=O) groups is 22. The Morgan fingerprint density at radius 2 is 0.551 bits per heavy atom. The Morgan fingerprint density at radius 1 is 0.327 bits per heavy atom. The Balaban J connectivity index is -0.000000202. The molecular formula is C54H60O44. The maximum absolute atomic E-state index is 11.3. The van der Waals surface area contributed by atoms with Gasteiger partial charge < -0.3 is 110 Å². The number of esters is 6. The van der Waals surface area contributed by atoms with Crippen LogP contribution in [0.3, 0.4) is 0 Å². The fourth-order valence-corrected chi connectivity index (χ4v) is 4.42. The number of aliphatic carboxylic acids is 16. The number of hydrogen-bond acceptors (Lipinski definition) is 28. The molecule has 540 valence electrons. The predicted octanol–water partition coefficient (Wildman–Crippen LogP) is -1.63. The van der Waals surface area contributed by atoms with Crippen molar-refractivity contribution in [1.82, 2.24) is 0 Å². The Hall–Kier alpha value is -14.0. The molecule has 4 atom stereocenters. The lowest BCUT2D eigenvalue weighted by atomic mass is 9.95. The molecule has 0 saturated heterocycles. The third kappa shape index (κ3) is 49.7. The lowest BCUT2D eigenvalue weighted by molar-refractivity contribution is -0.184. The van der Waals surface area contributed by atoms with Crippen molar-refractivity contribution >= 4 is 131 Å². The van der Waals surface area contributed by atoms with Gasteiger partial charge in [0.05, 0.1) is 32.1 Å². The van der Waals surface area contributed by atoms with E-state index in [0.717, 1.165) is 0 Å². The first-order valence-corrected chi connectivity index (χ1v) is 24.3. The first-order chi connectivity index (χ1) is 44.5. The molecule has 0 aliphatic heterocycles. The highest BCUT2D eigenvalue weighted by Gasteiger charge is 2.48. The average molecular weight is 1410 g/mol. The molecule has 44 heteroatoms. The van der Waals surface area contributed by atoms with Gasteiger partial charge in [-0.2, -0.15) is 0 Å². The fraction of sp³-hybridized carbons (Fsp3) is 0.259. The third-order valence-corrected chi connectivity index (χ3v) is 8.54. The number of carboxylic acids is 16. The summed E-state index contributed by atoms with van der Waals surface area (Å²) in [6.45, 7) is 25.4. The molecule has 0 saturated carbocycles. The normalized spacial score (nSPS) is 11.0. The van der Waals surface area contributed by atoms with Crippen LogP contribution in [0.25, 0.3) is 0 Å². The second-order valence-electron chi connectivity index (χ2n) is 16.9. The topological polar surface area (TPSA) is 755 Å². The van der Waals surface area contributed by atoms with Crippen molar-refractivity contribution in [3.8, 4) is 0 Å². The summed E-state index contributed by atoms with van der Waals surface area (Å²) in [6, 6.07) is 0. The van der Waals surface area contributed by atoms with Crippen LogP contribution in [0.2, 0.25) is 0 Å². The molecule has 0 heterocycles. The molecule has 0 aromatic rings. The second-order valence-corrected chi connectivity index (χ2v) is 16.9. The molecule has 0 spiro atoms. The maximum Gasteiger partial charge on any atom is 0.349 e. The zero-order chi connectivity index (χ0) is 79.0. The summed E-state index contributed by atoms with van der Waals surface area (Å²) >= 11 is 0. The summed E-state index contributed by atoms with van der Waals surface area (Å²) in [5, 5.41) is 135. The van der Waals surface area contributed by atoms with E-state index in [1.165, 1.54) is 20.8 Å². The van der Waals surface area contributed by atoms with Crippen LogP contribution < -0.4 is 0 Å². The molecular weight excluding hydrogens is 1350 g/mol. The molecule has 4 unspecified atom stereocenters. The number of carbonyl (C=O) groups excluding carboxylic acids is 6. The van der Waals surface area contributed by atoms with Crippen LogP contribution in [0.5, 0.6) is 0 Å². The van der Waals surface area contributed by atoms with E-state index in [2.05, 4.69) is 74.5 Å². The highest BCUT2D eigenvalue weighted by atomic mass is 16.6. The molecule has 0 fully saturated rings. The van der Waals surface area contributed by atoms with Crippen LogP contribution >= 0.6 is 0 Å². The summed E-state index contributed by atoms with van der Waals surface area (Å²) in [5.74, 6) is -31.6. The minimum atomic E-state index is -2.65. The van der Waals surface area contributed by atoms with Crippen LogP contribution in [0, 0.1) is 0 Å². The minimum absolute atomic E-state index is 0.133. The molecule has 16 N–H and O–H groups in total. The molecule has 0 aromatic carbocycles. The molecule has 0 aliphatic rings. The fourth-order valence-electron chi connectivity index (χ4n) is 4.42. The summed E-state index contributed by atoms with van der Waals surface area (Å²) in [5.41, 5.74) is -6.02. The highest BCUT2D eigenvalue weighted by Crippen LogP contribution is 2.24. The van der Waals surface area contributed by atoms with Gasteiger partial charge in [0.1, 0.15) is 0 Å². The van der Waals surface area contributed by atoms with Crippen LogP contribution in [-0.2, 0) is 134 Å². The van der Waals surface area contributed by atoms with Crippen LogP contribution in [0.15, 0.2) is 111 Å². The van der Waals surface area contributed by atoms with Crippen molar-refractivity contribution in [3.63, 3.8) is 0 Å². The van der Waals surface area contributed by atoms with Crippen LogP contribution in [0.4, 0.5) is 0 Å². The standard InChI is InChI=1S/C12H14O8.C10H12O8.C10H10O8.C9H10O8.C5H6O4.2C4H4O4/c1-5(2)11(17)19-7(9(13)14)8(10(15)16)20-12(18)6(3)4;1-5(2)8(15)18-10(9(16)17,3-6(11)12)4-7(13)14;1-3-5(11)17-7(9(13)14)8(10(15)16)18-6(12)4-2;1-2-7(14)17-9(8(15)16,3-5(10)11)4-6(12)13;1-3(5(8)9)2-4(6)7;2*5-3(6)1-2-4(7)8/h7-8H,1,3H2,2,4H3,(H,13,14)(H,15,16);1,3-4H2,2H3,(H,11,12)(H,13,14)(H,16,17);3-4,7-8H,1-2H2,(H,13,14)(H,15,16);2H,1,3-4H2,(H,10,11)(H,12,13)(H,15,16);1-2H2,(H,6,7)(H,8,9);2*1-2H,(H,5,6)(H,7,8)/b;;;;;2-1+;2-1-. The molecule has 44 nitrogen and oxygen atoms in total. The first kappa shape index (κ1) is 97.6. The van der Waals surface area contributed by atoms with Gasteiger partial charge in [0.2, 0.25) is 35.6 Å². The van der Waals surface area contributed by atoms with Crippen molar-refractivity contribution in [2.24, 2.45) is 0 Å². The van der Waals surface area contributed by atoms with Gasteiger partial charge in [0.15, 0.2) is 0 Å². The predicted molar refractivity (Wildman–Crippen MR) is 305 cm³/mol. The largest absolute Gasteiger partial charge is 0.481 e. The molecule has 0 aliphatic carbocycles. The smallest absolute Gasteiger partial charge is 0.349 e. The molecule has 0 bridgehead atoms. The Bertz CT molecular complexity index is 3040. The SMILES string of the molecule is C=C(C)C(=O)OC(C(=O)O)C(OC(=O)C(=C)C)C(=O)O.C=C(C)C(=O)OC(CC(=O)O)(CC(=O)O)C(=O)O.C=C(CC(=O)O)C(=O)O.C=CC(=O)OC(C(=O)O)C(OC(=O)C=C)C(=O)O.C=CC(=O)OC(CC(=O)O)(CC(=O)O)C(=O)O.O=C(O)/C=C/C(=O)O.O=C(O)/C=C\C(=O)O. The van der Waals surface area contributed by atoms with Gasteiger partial charge in [0.25, 0.3) is 0 Å². The molecule has 0 radical (unpaired) electrons. The van der Waals surface area contributed by atoms with Gasteiger partial charge in [-0.25, -0.2) is 81.5 Å².